The van der Waals surface area contributed by atoms with Gasteiger partial charge in [0, 0.05) is 18.2 Å². The number of nitrogens with zero attached hydrogens (tertiary/aromatic N) is 1. The highest BCUT2D eigenvalue weighted by atomic mass is 16.4. The van der Waals surface area contributed by atoms with E-state index in [-0.39, 0.29) is 5.76 Å². The molecule has 1 aliphatic rings. The fourth-order valence-electron chi connectivity index (χ4n) is 2.28. The molecule has 0 bridgehead atoms. The molecule has 1 fully saturated rings. The Hall–Kier alpha value is -1.49. The maximum absolute atomic E-state index is 10.7. The summed E-state index contributed by atoms with van der Waals surface area (Å²) in [7, 11) is 0. The molecule has 2 N–H and O–H groups in total. The number of nitrogens with one attached hydrogen (secondary N) is 1. The van der Waals surface area contributed by atoms with Crippen molar-refractivity contribution in [3.63, 3.8) is 0 Å². The lowest BCUT2D eigenvalue weighted by atomic mass is 10.00. The van der Waals surface area contributed by atoms with E-state index in [2.05, 4.69) is 24.3 Å². The van der Waals surface area contributed by atoms with Crippen LogP contribution in [0.1, 0.15) is 43.7 Å². The summed E-state index contributed by atoms with van der Waals surface area (Å²) in [6, 6.07) is 3.97. The third-order valence-corrected chi connectivity index (χ3v) is 3.25. The molecule has 1 saturated heterocycles. The van der Waals surface area contributed by atoms with Crippen molar-refractivity contribution in [2.75, 3.05) is 5.43 Å². The smallest absolute Gasteiger partial charge is 0.371 e. The Kier molecular flexibility index (Phi) is 3.38. The molecule has 0 aromatic carbocycles. The van der Waals surface area contributed by atoms with Crippen LogP contribution in [0.25, 0.3) is 0 Å². The number of piperidine rings is 1. The van der Waals surface area contributed by atoms with Crippen LogP contribution in [-0.4, -0.2) is 28.2 Å². The number of hydrazine groups is 1. The second-order valence-electron chi connectivity index (χ2n) is 4.62. The van der Waals surface area contributed by atoms with E-state index in [0.717, 1.165) is 12.8 Å². The van der Waals surface area contributed by atoms with E-state index in [1.165, 1.54) is 12.5 Å². The Balaban J connectivity index is 2.05. The zero-order valence-electron chi connectivity index (χ0n) is 10.1. The SMILES string of the molecule is CC1CCCC(C)N1Nc1ccc(C(=O)O)o1. The number of rotatable bonds is 3. The number of aromatic carboxylic acids is 1. The van der Waals surface area contributed by atoms with E-state index >= 15 is 0 Å². The predicted molar refractivity (Wildman–Crippen MR) is 63.9 cm³/mol. The second-order valence-corrected chi connectivity index (χ2v) is 4.62. The zero-order chi connectivity index (χ0) is 12.4. The third kappa shape index (κ3) is 2.61. The van der Waals surface area contributed by atoms with Gasteiger partial charge >= 0.3 is 5.97 Å². The minimum atomic E-state index is -1.04. The van der Waals surface area contributed by atoms with E-state index in [1.807, 2.05) is 0 Å². The van der Waals surface area contributed by atoms with Crippen molar-refractivity contribution in [3.05, 3.63) is 17.9 Å². The largest absolute Gasteiger partial charge is 0.475 e. The molecule has 0 radical (unpaired) electrons. The normalized spacial score (nSPS) is 25.8. The first-order chi connectivity index (χ1) is 8.08. The number of hydrogen-bond donors (Lipinski definition) is 2. The van der Waals surface area contributed by atoms with Crippen LogP contribution < -0.4 is 5.43 Å². The quantitative estimate of drug-likeness (QED) is 0.847. The summed E-state index contributed by atoms with van der Waals surface area (Å²) in [5.41, 5.74) is 3.16. The molecule has 2 heterocycles. The van der Waals surface area contributed by atoms with Gasteiger partial charge in [0.1, 0.15) is 0 Å². The van der Waals surface area contributed by atoms with Crippen LogP contribution in [-0.2, 0) is 0 Å². The first-order valence-corrected chi connectivity index (χ1v) is 5.96. The molecule has 0 spiro atoms. The average Bonchev–Trinajstić information content (AvgIpc) is 2.72. The van der Waals surface area contributed by atoms with Gasteiger partial charge < -0.3 is 9.52 Å². The lowest BCUT2D eigenvalue weighted by Gasteiger charge is -2.38. The topological polar surface area (TPSA) is 65.7 Å². The van der Waals surface area contributed by atoms with Gasteiger partial charge in [-0.15, -0.1) is 0 Å². The highest BCUT2D eigenvalue weighted by Gasteiger charge is 2.25. The molecule has 1 aliphatic heterocycles. The van der Waals surface area contributed by atoms with Crippen molar-refractivity contribution in [2.24, 2.45) is 0 Å². The first kappa shape index (κ1) is 12.0. The maximum atomic E-state index is 10.7. The predicted octanol–water partition coefficient (Wildman–Crippen LogP) is 2.57. The highest BCUT2D eigenvalue weighted by Crippen LogP contribution is 2.24. The fraction of sp³-hybridized carbons (Fsp3) is 0.583. The van der Waals surface area contributed by atoms with Crippen LogP contribution in [0.3, 0.4) is 0 Å². The molecule has 17 heavy (non-hydrogen) atoms. The number of hydrogen-bond acceptors (Lipinski definition) is 4. The van der Waals surface area contributed by atoms with Crippen molar-refractivity contribution in [3.8, 4) is 0 Å². The number of carboxylic acid groups (broad SMARTS) is 1. The molecule has 2 atom stereocenters. The number of furan rings is 1. The molecule has 0 saturated carbocycles. The van der Waals surface area contributed by atoms with Crippen molar-refractivity contribution in [2.45, 2.75) is 45.2 Å². The maximum Gasteiger partial charge on any atom is 0.371 e. The Labute approximate surface area is 100 Å². The van der Waals surface area contributed by atoms with Gasteiger partial charge in [-0.1, -0.05) is 6.42 Å². The molecule has 0 aliphatic carbocycles. The molecule has 5 nitrogen and oxygen atoms in total. The highest BCUT2D eigenvalue weighted by molar-refractivity contribution is 5.84. The standard InChI is InChI=1S/C12H18N2O3/c1-8-4-3-5-9(2)14(8)13-11-7-6-10(17-11)12(15)16/h6-9,13H,3-5H2,1-2H3,(H,15,16). The van der Waals surface area contributed by atoms with Crippen LogP contribution in [0.4, 0.5) is 5.88 Å². The minimum absolute atomic E-state index is 0.0372. The molecule has 0 amide bonds. The first-order valence-electron chi connectivity index (χ1n) is 5.96. The Morgan fingerprint density at radius 1 is 1.41 bits per heavy atom. The molecule has 2 unspecified atom stereocenters. The van der Waals surface area contributed by atoms with Crippen molar-refractivity contribution < 1.29 is 14.3 Å². The average molecular weight is 238 g/mol. The lowest BCUT2D eigenvalue weighted by molar-refractivity contribution is 0.0661. The van der Waals surface area contributed by atoms with Gasteiger partial charge in [-0.05, 0) is 32.8 Å². The van der Waals surface area contributed by atoms with Crippen LogP contribution in [0.15, 0.2) is 16.5 Å². The summed E-state index contributed by atoms with van der Waals surface area (Å²) in [6.07, 6.45) is 3.52. The molecule has 94 valence electrons. The Bertz CT molecular complexity index is 392. The summed E-state index contributed by atoms with van der Waals surface area (Å²) in [5, 5.41) is 10.9. The number of anilines is 1. The zero-order valence-corrected chi connectivity index (χ0v) is 10.1. The van der Waals surface area contributed by atoms with Crippen LogP contribution in [0, 0.1) is 0 Å². The van der Waals surface area contributed by atoms with Gasteiger partial charge in [0.25, 0.3) is 0 Å². The van der Waals surface area contributed by atoms with Crippen molar-refractivity contribution >= 4 is 11.9 Å². The monoisotopic (exact) mass is 238 g/mol. The summed E-state index contributed by atoms with van der Waals surface area (Å²) in [4.78, 5) is 10.7. The van der Waals surface area contributed by atoms with Gasteiger partial charge in [-0.3, -0.25) is 5.43 Å². The minimum Gasteiger partial charge on any atom is -0.475 e. The fourth-order valence-corrected chi connectivity index (χ4v) is 2.28. The summed E-state index contributed by atoms with van der Waals surface area (Å²) in [6.45, 7) is 4.31. The van der Waals surface area contributed by atoms with Gasteiger partial charge in [-0.2, -0.15) is 0 Å². The van der Waals surface area contributed by atoms with Gasteiger partial charge in [0.15, 0.2) is 0 Å². The molecular weight excluding hydrogens is 220 g/mol. The third-order valence-electron chi connectivity index (χ3n) is 3.25. The van der Waals surface area contributed by atoms with Gasteiger partial charge in [0.2, 0.25) is 11.6 Å². The Morgan fingerprint density at radius 2 is 2.06 bits per heavy atom. The van der Waals surface area contributed by atoms with Crippen LogP contribution in [0.5, 0.6) is 0 Å². The molecular formula is C12H18N2O3. The van der Waals surface area contributed by atoms with Crippen LogP contribution in [0.2, 0.25) is 0 Å². The van der Waals surface area contributed by atoms with E-state index in [4.69, 9.17) is 9.52 Å². The molecule has 2 rings (SSSR count). The molecule has 1 aromatic rings. The summed E-state index contributed by atoms with van der Waals surface area (Å²) in [5.74, 6) is -0.592. The van der Waals surface area contributed by atoms with E-state index in [9.17, 15) is 4.79 Å². The molecule has 5 heteroatoms. The number of carbonyl (C=O) groups is 1. The number of carboxylic acids is 1. The van der Waals surface area contributed by atoms with Gasteiger partial charge in [-0.25, -0.2) is 9.80 Å². The summed E-state index contributed by atoms with van der Waals surface area (Å²) >= 11 is 0. The lowest BCUT2D eigenvalue weighted by Crippen LogP contribution is -2.47. The Morgan fingerprint density at radius 3 is 2.59 bits per heavy atom. The van der Waals surface area contributed by atoms with E-state index in [1.54, 1.807) is 6.07 Å². The molecule has 1 aromatic heterocycles. The van der Waals surface area contributed by atoms with Gasteiger partial charge in [0.05, 0.1) is 0 Å². The summed E-state index contributed by atoms with van der Waals surface area (Å²) < 4.78 is 5.19. The second kappa shape index (κ2) is 4.79. The van der Waals surface area contributed by atoms with E-state index < -0.39 is 5.97 Å². The van der Waals surface area contributed by atoms with Crippen molar-refractivity contribution in [1.29, 1.82) is 0 Å². The van der Waals surface area contributed by atoms with Crippen molar-refractivity contribution in [1.82, 2.24) is 5.01 Å². The van der Waals surface area contributed by atoms with E-state index in [0.29, 0.717) is 18.0 Å². The van der Waals surface area contributed by atoms with Crippen LogP contribution >= 0.6 is 0 Å².